The number of carbonyl (C=O) groups is 2. The van der Waals surface area contributed by atoms with Gasteiger partial charge in [0.25, 0.3) is 5.91 Å². The number of nitrogens with one attached hydrogen (secondary N) is 1. The van der Waals surface area contributed by atoms with Crippen LogP contribution in [0.4, 0.5) is 5.69 Å². The number of aromatic nitrogens is 2. The van der Waals surface area contributed by atoms with Crippen molar-refractivity contribution in [3.8, 4) is 11.5 Å². The van der Waals surface area contributed by atoms with Crippen molar-refractivity contribution in [3.63, 3.8) is 0 Å². The molecule has 3 rings (SSSR count). The van der Waals surface area contributed by atoms with Crippen molar-refractivity contribution < 1.29 is 23.8 Å². The number of hydrogen-bond donors (Lipinski definition) is 1. The summed E-state index contributed by atoms with van der Waals surface area (Å²) >= 11 is 0. The molecule has 150 valence electrons. The van der Waals surface area contributed by atoms with E-state index < -0.39 is 5.97 Å². The third kappa shape index (κ3) is 4.55. The number of carbonyl (C=O) groups excluding carboxylic acids is 2. The standard InChI is InChI=1S/C21H21N3O5/c1-27-18-9-8-14(10-19(18)28-2)20(25)23-16-11-22-24(13-16)12-15-6-4-5-7-17(15)21(26)29-3/h4-11,13H,12H2,1-3H3,(H,23,25). The lowest BCUT2D eigenvalue weighted by molar-refractivity contribution is 0.0599. The number of anilines is 1. The third-order valence-electron chi connectivity index (χ3n) is 4.29. The normalized spacial score (nSPS) is 10.3. The Hall–Kier alpha value is -3.81. The summed E-state index contributed by atoms with van der Waals surface area (Å²) in [5.74, 6) is 0.298. The monoisotopic (exact) mass is 395 g/mol. The van der Waals surface area contributed by atoms with Crippen molar-refractivity contribution >= 4 is 17.6 Å². The Balaban J connectivity index is 1.73. The molecule has 0 atom stereocenters. The molecular weight excluding hydrogens is 374 g/mol. The van der Waals surface area contributed by atoms with Gasteiger partial charge < -0.3 is 19.5 Å². The van der Waals surface area contributed by atoms with Crippen LogP contribution in [0.1, 0.15) is 26.3 Å². The summed E-state index contributed by atoms with van der Waals surface area (Å²) in [4.78, 5) is 24.4. The number of hydrogen-bond acceptors (Lipinski definition) is 6. The van der Waals surface area contributed by atoms with Gasteiger partial charge in [-0.25, -0.2) is 4.79 Å². The number of rotatable bonds is 7. The molecule has 3 aromatic rings. The van der Waals surface area contributed by atoms with Crippen LogP contribution in [0.3, 0.4) is 0 Å². The molecule has 0 aliphatic heterocycles. The number of benzene rings is 2. The molecule has 8 nitrogen and oxygen atoms in total. The van der Waals surface area contributed by atoms with Crippen LogP contribution in [-0.2, 0) is 11.3 Å². The molecule has 0 saturated heterocycles. The van der Waals surface area contributed by atoms with Crippen LogP contribution >= 0.6 is 0 Å². The van der Waals surface area contributed by atoms with Gasteiger partial charge in [0, 0.05) is 11.8 Å². The predicted octanol–water partition coefficient (Wildman–Crippen LogP) is 2.99. The molecule has 2 aromatic carbocycles. The van der Waals surface area contributed by atoms with Gasteiger partial charge in [-0.2, -0.15) is 5.10 Å². The Morgan fingerprint density at radius 3 is 2.52 bits per heavy atom. The maximum absolute atomic E-state index is 12.5. The fourth-order valence-electron chi connectivity index (χ4n) is 2.84. The maximum atomic E-state index is 12.5. The van der Waals surface area contributed by atoms with E-state index in [1.165, 1.54) is 21.3 Å². The first-order valence-corrected chi connectivity index (χ1v) is 8.77. The van der Waals surface area contributed by atoms with Gasteiger partial charge in [-0.05, 0) is 29.8 Å². The van der Waals surface area contributed by atoms with Gasteiger partial charge in [0.1, 0.15) is 0 Å². The quantitative estimate of drug-likeness (QED) is 0.619. The zero-order valence-electron chi connectivity index (χ0n) is 16.3. The highest BCUT2D eigenvalue weighted by molar-refractivity contribution is 6.04. The van der Waals surface area contributed by atoms with E-state index in [9.17, 15) is 9.59 Å². The molecule has 0 unspecified atom stereocenters. The molecule has 1 aromatic heterocycles. The van der Waals surface area contributed by atoms with E-state index in [1.54, 1.807) is 47.4 Å². The summed E-state index contributed by atoms with van der Waals surface area (Å²) in [5, 5.41) is 7.04. The summed E-state index contributed by atoms with van der Waals surface area (Å²) in [6, 6.07) is 12.1. The van der Waals surface area contributed by atoms with Crippen LogP contribution in [0.5, 0.6) is 11.5 Å². The Bertz CT molecular complexity index is 1030. The zero-order chi connectivity index (χ0) is 20.8. The second-order valence-corrected chi connectivity index (χ2v) is 6.10. The van der Waals surface area contributed by atoms with E-state index in [-0.39, 0.29) is 5.91 Å². The lowest BCUT2D eigenvalue weighted by atomic mass is 10.1. The van der Waals surface area contributed by atoms with Gasteiger partial charge in [-0.15, -0.1) is 0 Å². The lowest BCUT2D eigenvalue weighted by Crippen LogP contribution is -2.12. The molecule has 29 heavy (non-hydrogen) atoms. The average molecular weight is 395 g/mol. The van der Waals surface area contributed by atoms with Crippen molar-refractivity contribution in [1.29, 1.82) is 0 Å². The smallest absolute Gasteiger partial charge is 0.338 e. The van der Waals surface area contributed by atoms with E-state index in [2.05, 4.69) is 10.4 Å². The highest BCUT2D eigenvalue weighted by atomic mass is 16.5. The predicted molar refractivity (Wildman–Crippen MR) is 107 cm³/mol. The molecule has 0 spiro atoms. The number of amides is 1. The van der Waals surface area contributed by atoms with Crippen LogP contribution in [0.15, 0.2) is 54.9 Å². The molecule has 0 aliphatic rings. The minimum Gasteiger partial charge on any atom is -0.493 e. The minimum atomic E-state index is -0.408. The number of ether oxygens (including phenoxy) is 3. The molecule has 0 bridgehead atoms. The fourth-order valence-corrected chi connectivity index (χ4v) is 2.84. The van der Waals surface area contributed by atoms with E-state index in [0.717, 1.165) is 5.56 Å². The van der Waals surface area contributed by atoms with Crippen LogP contribution < -0.4 is 14.8 Å². The second-order valence-electron chi connectivity index (χ2n) is 6.10. The number of esters is 1. The molecule has 1 amide bonds. The largest absolute Gasteiger partial charge is 0.493 e. The average Bonchev–Trinajstić information content (AvgIpc) is 3.19. The molecule has 0 saturated carbocycles. The van der Waals surface area contributed by atoms with Gasteiger partial charge >= 0.3 is 5.97 Å². The second kappa shape index (κ2) is 8.92. The van der Waals surface area contributed by atoms with Crippen LogP contribution in [-0.4, -0.2) is 43.0 Å². The fraction of sp³-hybridized carbons (Fsp3) is 0.190. The Morgan fingerprint density at radius 1 is 1.03 bits per heavy atom. The Morgan fingerprint density at radius 2 is 1.79 bits per heavy atom. The van der Waals surface area contributed by atoms with Gasteiger partial charge in [-0.3, -0.25) is 9.48 Å². The van der Waals surface area contributed by atoms with Crippen molar-refractivity contribution in [3.05, 3.63) is 71.5 Å². The molecule has 8 heteroatoms. The number of methoxy groups -OCH3 is 3. The first-order chi connectivity index (χ1) is 14.0. The molecule has 1 heterocycles. The SMILES string of the molecule is COC(=O)c1ccccc1Cn1cc(NC(=O)c2ccc(OC)c(OC)c2)cn1. The van der Waals surface area contributed by atoms with Crippen molar-refractivity contribution in [2.45, 2.75) is 6.54 Å². The van der Waals surface area contributed by atoms with E-state index in [0.29, 0.717) is 34.9 Å². The molecule has 0 fully saturated rings. The summed E-state index contributed by atoms with van der Waals surface area (Å²) in [6.07, 6.45) is 3.23. The van der Waals surface area contributed by atoms with E-state index >= 15 is 0 Å². The third-order valence-corrected chi connectivity index (χ3v) is 4.29. The van der Waals surface area contributed by atoms with Crippen LogP contribution in [0.2, 0.25) is 0 Å². The maximum Gasteiger partial charge on any atom is 0.338 e. The van der Waals surface area contributed by atoms with Crippen molar-refractivity contribution in [2.75, 3.05) is 26.6 Å². The van der Waals surface area contributed by atoms with Gasteiger partial charge in [0.05, 0.1) is 45.3 Å². The first-order valence-electron chi connectivity index (χ1n) is 8.77. The minimum absolute atomic E-state index is 0.305. The van der Waals surface area contributed by atoms with Gasteiger partial charge in [0.15, 0.2) is 11.5 Å². The van der Waals surface area contributed by atoms with Gasteiger partial charge in [-0.1, -0.05) is 18.2 Å². The molecule has 0 aliphatic carbocycles. The first kappa shape index (κ1) is 19.9. The lowest BCUT2D eigenvalue weighted by Gasteiger charge is -2.09. The molecule has 0 radical (unpaired) electrons. The summed E-state index contributed by atoms with van der Waals surface area (Å²) in [6.45, 7) is 0.359. The van der Waals surface area contributed by atoms with Crippen molar-refractivity contribution in [2.24, 2.45) is 0 Å². The Kier molecular flexibility index (Phi) is 6.13. The van der Waals surface area contributed by atoms with E-state index in [1.807, 2.05) is 12.1 Å². The molecule has 1 N–H and O–H groups in total. The highest BCUT2D eigenvalue weighted by Crippen LogP contribution is 2.27. The molecular formula is C21H21N3O5. The Labute approximate surface area is 168 Å². The highest BCUT2D eigenvalue weighted by Gasteiger charge is 2.14. The van der Waals surface area contributed by atoms with Crippen molar-refractivity contribution in [1.82, 2.24) is 9.78 Å². The van der Waals surface area contributed by atoms with Crippen LogP contribution in [0, 0.1) is 0 Å². The summed E-state index contributed by atoms with van der Waals surface area (Å²) in [7, 11) is 4.38. The summed E-state index contributed by atoms with van der Waals surface area (Å²) < 4.78 is 16.9. The van der Waals surface area contributed by atoms with Gasteiger partial charge in [0.2, 0.25) is 0 Å². The summed E-state index contributed by atoms with van der Waals surface area (Å²) in [5.41, 5.74) is 2.19. The number of nitrogens with zero attached hydrogens (tertiary/aromatic N) is 2. The van der Waals surface area contributed by atoms with E-state index in [4.69, 9.17) is 14.2 Å². The topological polar surface area (TPSA) is 91.7 Å². The zero-order valence-corrected chi connectivity index (χ0v) is 16.3. The van der Waals surface area contributed by atoms with Crippen LogP contribution in [0.25, 0.3) is 0 Å².